The molecule has 0 radical (unpaired) electrons. The Balaban J connectivity index is 0.00000196. The van der Waals surface area contributed by atoms with Gasteiger partial charge >= 0.3 is 0 Å². The van der Waals surface area contributed by atoms with Gasteiger partial charge < -0.3 is 28.5 Å². The summed E-state index contributed by atoms with van der Waals surface area (Å²) in [5, 5.41) is 0. The van der Waals surface area contributed by atoms with E-state index in [9.17, 15) is 0 Å². The highest BCUT2D eigenvalue weighted by atomic mass is 127. The number of hydrogen-bond acceptors (Lipinski definition) is 0. The van der Waals surface area contributed by atoms with Crippen molar-refractivity contribution in [1.82, 2.24) is 0 Å². The monoisotopic (exact) mass is 459 g/mol. The van der Waals surface area contributed by atoms with Crippen LogP contribution in [0, 0.1) is 5.92 Å². The molecule has 0 spiro atoms. The molecule has 2 heteroatoms. The minimum absolute atomic E-state index is 0. The second-order valence-corrected chi connectivity index (χ2v) is 7.93. The summed E-state index contributed by atoms with van der Waals surface area (Å²) in [4.78, 5) is 0. The fourth-order valence-corrected chi connectivity index (χ4v) is 4.94. The fourth-order valence-electron chi connectivity index (χ4n) is 4.94. The Morgan fingerprint density at radius 2 is 1.42 bits per heavy atom. The number of halogens is 1. The van der Waals surface area contributed by atoms with Gasteiger partial charge in [0, 0.05) is 12.8 Å². The first-order valence-corrected chi connectivity index (χ1v) is 10.0. The van der Waals surface area contributed by atoms with E-state index in [1.807, 2.05) is 0 Å². The van der Waals surface area contributed by atoms with Gasteiger partial charge in [0.15, 0.2) is 0 Å². The first-order valence-electron chi connectivity index (χ1n) is 10.0. The molecule has 138 valence electrons. The minimum Gasteiger partial charge on any atom is -1.00 e. The number of fused-ring (bicyclic) bond motifs is 3. The molecule has 5 rings (SSSR count). The van der Waals surface area contributed by atoms with Gasteiger partial charge in [-0.1, -0.05) is 74.0 Å². The second kappa shape index (κ2) is 8.71. The van der Waals surface area contributed by atoms with E-state index < -0.39 is 0 Å². The number of unbranched alkanes of at least 4 members (excludes halogenated alkanes) is 1. The average Bonchev–Trinajstić information content (AvgIpc) is 2.69. The van der Waals surface area contributed by atoms with Gasteiger partial charge in [-0.2, -0.15) is 0 Å². The Hall–Kier alpha value is -1.13. The molecule has 0 aliphatic carbocycles. The predicted octanol–water partition coefficient (Wildman–Crippen LogP) is 2.53. The normalized spacial score (nSPS) is 24.2. The zero-order valence-corrected chi connectivity index (χ0v) is 18.0. The molecule has 3 heterocycles. The van der Waals surface area contributed by atoms with Crippen molar-refractivity contribution in [2.75, 3.05) is 26.2 Å². The Morgan fingerprint density at radius 1 is 0.885 bits per heavy atom. The van der Waals surface area contributed by atoms with Crippen LogP contribution in [0.25, 0.3) is 5.57 Å². The molecule has 0 amide bonds. The summed E-state index contributed by atoms with van der Waals surface area (Å²) in [7, 11) is 0. The Morgan fingerprint density at radius 3 is 1.92 bits per heavy atom. The highest BCUT2D eigenvalue weighted by Crippen LogP contribution is 2.43. The molecule has 3 saturated heterocycles. The molecular weight excluding hydrogens is 429 g/mol. The van der Waals surface area contributed by atoms with Gasteiger partial charge in [-0.25, -0.2) is 0 Å². The minimum atomic E-state index is 0. The molecule has 2 bridgehead atoms. The van der Waals surface area contributed by atoms with Crippen molar-refractivity contribution in [2.45, 2.75) is 32.6 Å². The standard InChI is InChI=1S/C24H30N.HI/c1-2-3-16-25-17-14-20(15-18-25)23(19-25)24(21-10-6-4-7-11-21)22-12-8-5-9-13-22;/h4-13,20H,2-3,14-19H2,1H3;1H/q+1;/p-1. The van der Waals surface area contributed by atoms with Crippen LogP contribution in [0.5, 0.6) is 0 Å². The zero-order chi connectivity index (χ0) is 17.1. The van der Waals surface area contributed by atoms with Crippen molar-refractivity contribution in [3.63, 3.8) is 0 Å². The maximum Gasteiger partial charge on any atom is 0.102 e. The van der Waals surface area contributed by atoms with Crippen LogP contribution in [-0.2, 0) is 0 Å². The third-order valence-electron chi connectivity index (χ3n) is 6.33. The molecule has 0 N–H and O–H groups in total. The van der Waals surface area contributed by atoms with Crippen LogP contribution in [0.1, 0.15) is 43.7 Å². The van der Waals surface area contributed by atoms with Gasteiger partial charge in [-0.3, -0.25) is 0 Å². The summed E-state index contributed by atoms with van der Waals surface area (Å²) in [5.74, 6) is 0.789. The highest BCUT2D eigenvalue weighted by molar-refractivity contribution is 5.82. The smallest absolute Gasteiger partial charge is 0.102 e. The van der Waals surface area contributed by atoms with Gasteiger partial charge in [0.1, 0.15) is 6.54 Å². The summed E-state index contributed by atoms with van der Waals surface area (Å²) in [5.41, 5.74) is 6.03. The largest absolute Gasteiger partial charge is 1.00 e. The van der Waals surface area contributed by atoms with Gasteiger partial charge in [-0.15, -0.1) is 0 Å². The molecule has 3 aliphatic heterocycles. The lowest BCUT2D eigenvalue weighted by atomic mass is 9.76. The molecule has 0 atom stereocenters. The molecule has 3 fully saturated rings. The van der Waals surface area contributed by atoms with Crippen molar-refractivity contribution in [3.8, 4) is 0 Å². The van der Waals surface area contributed by atoms with Crippen LogP contribution in [0.15, 0.2) is 66.2 Å². The van der Waals surface area contributed by atoms with Crippen molar-refractivity contribution < 1.29 is 28.5 Å². The quantitative estimate of drug-likeness (QED) is 0.477. The van der Waals surface area contributed by atoms with Crippen molar-refractivity contribution >= 4 is 5.57 Å². The van der Waals surface area contributed by atoms with Crippen LogP contribution in [-0.4, -0.2) is 30.7 Å². The van der Waals surface area contributed by atoms with Gasteiger partial charge in [0.05, 0.1) is 19.6 Å². The van der Waals surface area contributed by atoms with E-state index in [0.717, 1.165) is 5.92 Å². The number of piperidine rings is 3. The van der Waals surface area contributed by atoms with E-state index in [-0.39, 0.29) is 24.0 Å². The van der Waals surface area contributed by atoms with Crippen molar-refractivity contribution in [3.05, 3.63) is 77.4 Å². The molecule has 26 heavy (non-hydrogen) atoms. The average molecular weight is 459 g/mol. The van der Waals surface area contributed by atoms with Gasteiger partial charge in [-0.05, 0) is 34.6 Å². The van der Waals surface area contributed by atoms with Crippen molar-refractivity contribution in [1.29, 1.82) is 0 Å². The van der Waals surface area contributed by atoms with E-state index >= 15 is 0 Å². The van der Waals surface area contributed by atoms with Crippen LogP contribution < -0.4 is 24.0 Å². The Kier molecular flexibility index (Phi) is 6.57. The third kappa shape index (κ3) is 3.91. The lowest BCUT2D eigenvalue weighted by Gasteiger charge is -2.51. The fraction of sp³-hybridized carbons (Fsp3) is 0.417. The van der Waals surface area contributed by atoms with E-state index in [1.165, 1.54) is 73.0 Å². The van der Waals surface area contributed by atoms with Crippen LogP contribution >= 0.6 is 0 Å². The van der Waals surface area contributed by atoms with E-state index in [1.54, 1.807) is 5.57 Å². The summed E-state index contributed by atoms with van der Waals surface area (Å²) >= 11 is 0. The number of quaternary nitrogens is 1. The molecule has 2 aromatic carbocycles. The van der Waals surface area contributed by atoms with E-state index in [4.69, 9.17) is 0 Å². The maximum atomic E-state index is 2.32. The number of nitrogens with zero attached hydrogens (tertiary/aromatic N) is 1. The molecule has 0 unspecified atom stereocenters. The molecule has 2 aromatic rings. The summed E-state index contributed by atoms with van der Waals surface area (Å²) in [6.45, 7) is 7.74. The topological polar surface area (TPSA) is 0 Å². The first kappa shape index (κ1) is 19.6. The molecule has 1 nitrogen and oxygen atoms in total. The highest BCUT2D eigenvalue weighted by Gasteiger charge is 2.43. The zero-order valence-electron chi connectivity index (χ0n) is 15.8. The van der Waals surface area contributed by atoms with E-state index in [0.29, 0.717) is 0 Å². The Labute approximate surface area is 175 Å². The lowest BCUT2D eigenvalue weighted by Crippen LogP contribution is -3.00. The van der Waals surface area contributed by atoms with Crippen LogP contribution in [0.2, 0.25) is 0 Å². The number of rotatable bonds is 5. The second-order valence-electron chi connectivity index (χ2n) is 7.93. The van der Waals surface area contributed by atoms with Crippen LogP contribution in [0.3, 0.4) is 0 Å². The maximum absolute atomic E-state index is 2.32. The van der Waals surface area contributed by atoms with Gasteiger partial charge in [0.2, 0.25) is 0 Å². The Bertz CT molecular complexity index is 686. The molecular formula is C24H30IN. The lowest BCUT2D eigenvalue weighted by molar-refractivity contribution is -0.936. The number of benzene rings is 2. The molecule has 3 aliphatic rings. The summed E-state index contributed by atoms with van der Waals surface area (Å²) in [6.07, 6.45) is 5.43. The number of hydrogen-bond donors (Lipinski definition) is 0. The third-order valence-corrected chi connectivity index (χ3v) is 6.33. The predicted molar refractivity (Wildman–Crippen MR) is 106 cm³/mol. The molecule has 0 saturated carbocycles. The molecule has 0 aromatic heterocycles. The van der Waals surface area contributed by atoms with Crippen LogP contribution in [0.4, 0.5) is 0 Å². The first-order chi connectivity index (χ1) is 12.3. The van der Waals surface area contributed by atoms with Gasteiger partial charge in [0.25, 0.3) is 0 Å². The summed E-state index contributed by atoms with van der Waals surface area (Å²) in [6, 6.07) is 22.2. The van der Waals surface area contributed by atoms with E-state index in [2.05, 4.69) is 67.6 Å². The summed E-state index contributed by atoms with van der Waals surface area (Å²) < 4.78 is 1.34. The van der Waals surface area contributed by atoms with Crippen molar-refractivity contribution in [2.24, 2.45) is 5.92 Å². The SMILES string of the molecule is CCCC[N+]12CCC(CC1)C(=C(c1ccccc1)c1ccccc1)C2.[I-].